The molecular weight excluding hydrogens is 342 g/mol. The predicted molar refractivity (Wildman–Crippen MR) is 103 cm³/mol. The van der Waals surface area contributed by atoms with E-state index in [0.717, 1.165) is 29.6 Å². The molecule has 1 fully saturated rings. The second-order valence-corrected chi connectivity index (χ2v) is 7.19. The van der Waals surface area contributed by atoms with Crippen LogP contribution in [0.5, 0.6) is 0 Å². The van der Waals surface area contributed by atoms with Gasteiger partial charge in [0, 0.05) is 28.9 Å². The highest BCUT2D eigenvalue weighted by atomic mass is 16.2. The number of carbonyl (C=O) groups is 2. The number of carbonyl (C=O) groups excluding carboxylic acids is 2. The standard InChI is InChI=1S/C20H21N5O2/c1-11(2)25-19-16(10-22-25)15(9-17(24-19)12-6-7-12)20(27)23-14-5-3-4-13(8-14)18(21)26/h3-5,8-12H,6-7H2,1-2H3,(H2,21,26)(H,23,27). The molecule has 0 radical (unpaired) electrons. The van der Waals surface area contributed by atoms with E-state index in [4.69, 9.17) is 10.7 Å². The molecule has 2 aromatic heterocycles. The van der Waals surface area contributed by atoms with Crippen molar-refractivity contribution < 1.29 is 9.59 Å². The van der Waals surface area contributed by atoms with Crippen LogP contribution in [-0.2, 0) is 0 Å². The smallest absolute Gasteiger partial charge is 0.256 e. The fraction of sp³-hybridized carbons (Fsp3) is 0.300. The Balaban J connectivity index is 1.75. The Kier molecular flexibility index (Phi) is 4.14. The monoisotopic (exact) mass is 363 g/mol. The van der Waals surface area contributed by atoms with Crippen LogP contribution in [-0.4, -0.2) is 26.6 Å². The first-order valence-electron chi connectivity index (χ1n) is 9.03. The third-order valence-corrected chi connectivity index (χ3v) is 4.72. The molecule has 2 amide bonds. The lowest BCUT2D eigenvalue weighted by molar-refractivity contribution is 0.0996. The van der Waals surface area contributed by atoms with E-state index in [9.17, 15) is 9.59 Å². The topological polar surface area (TPSA) is 103 Å². The van der Waals surface area contributed by atoms with E-state index in [1.165, 1.54) is 0 Å². The first-order valence-corrected chi connectivity index (χ1v) is 9.03. The molecule has 0 bridgehead atoms. The number of rotatable bonds is 5. The minimum atomic E-state index is -0.536. The Morgan fingerprint density at radius 1 is 1.26 bits per heavy atom. The summed E-state index contributed by atoms with van der Waals surface area (Å²) < 4.78 is 1.84. The van der Waals surface area contributed by atoms with Gasteiger partial charge in [-0.3, -0.25) is 9.59 Å². The van der Waals surface area contributed by atoms with Gasteiger partial charge in [-0.05, 0) is 51.0 Å². The van der Waals surface area contributed by atoms with E-state index in [2.05, 4.69) is 10.4 Å². The minimum absolute atomic E-state index is 0.146. The summed E-state index contributed by atoms with van der Waals surface area (Å²) in [6.45, 7) is 4.07. The first kappa shape index (κ1) is 17.2. The quantitative estimate of drug-likeness (QED) is 0.726. The average Bonchev–Trinajstić information content (AvgIpc) is 3.39. The van der Waals surface area contributed by atoms with Crippen molar-refractivity contribution in [3.8, 4) is 0 Å². The Hall–Kier alpha value is -3.22. The van der Waals surface area contributed by atoms with E-state index in [1.54, 1.807) is 30.5 Å². The molecule has 1 saturated carbocycles. The zero-order valence-electron chi connectivity index (χ0n) is 15.3. The Morgan fingerprint density at radius 3 is 2.70 bits per heavy atom. The van der Waals surface area contributed by atoms with E-state index >= 15 is 0 Å². The summed E-state index contributed by atoms with van der Waals surface area (Å²) in [6.07, 6.45) is 3.87. The Labute approximate surface area is 156 Å². The van der Waals surface area contributed by atoms with Gasteiger partial charge in [-0.1, -0.05) is 6.07 Å². The van der Waals surface area contributed by atoms with Gasteiger partial charge in [0.05, 0.1) is 17.1 Å². The van der Waals surface area contributed by atoms with Crippen LogP contribution in [0.1, 0.15) is 65.1 Å². The molecule has 0 unspecified atom stereocenters. The molecule has 0 spiro atoms. The average molecular weight is 363 g/mol. The van der Waals surface area contributed by atoms with Crippen molar-refractivity contribution in [1.82, 2.24) is 14.8 Å². The van der Waals surface area contributed by atoms with Gasteiger partial charge in [0.15, 0.2) is 5.65 Å². The molecule has 1 aliphatic carbocycles. The number of pyridine rings is 1. The SMILES string of the molecule is CC(C)n1ncc2c(C(=O)Nc3cccc(C(N)=O)c3)cc(C3CC3)nc21. The van der Waals surface area contributed by atoms with Crippen molar-refractivity contribution in [2.75, 3.05) is 5.32 Å². The summed E-state index contributed by atoms with van der Waals surface area (Å²) in [5.41, 5.74) is 8.38. The fourth-order valence-corrected chi connectivity index (χ4v) is 3.14. The van der Waals surface area contributed by atoms with Crippen molar-refractivity contribution in [3.63, 3.8) is 0 Å². The number of hydrogen-bond acceptors (Lipinski definition) is 4. The molecule has 1 aliphatic rings. The largest absolute Gasteiger partial charge is 0.366 e. The second-order valence-electron chi connectivity index (χ2n) is 7.19. The number of nitrogens with zero attached hydrogens (tertiary/aromatic N) is 3. The van der Waals surface area contributed by atoms with E-state index in [0.29, 0.717) is 22.7 Å². The number of aromatic nitrogens is 3. The predicted octanol–water partition coefficient (Wildman–Crippen LogP) is 3.24. The number of hydrogen-bond donors (Lipinski definition) is 2. The molecule has 3 aromatic rings. The van der Waals surface area contributed by atoms with Crippen molar-refractivity contribution in [2.45, 2.75) is 38.6 Å². The molecule has 7 nitrogen and oxygen atoms in total. The number of nitrogens with one attached hydrogen (secondary N) is 1. The summed E-state index contributed by atoms with van der Waals surface area (Å²) in [6, 6.07) is 8.59. The maximum Gasteiger partial charge on any atom is 0.256 e. The van der Waals surface area contributed by atoms with E-state index in [-0.39, 0.29) is 11.9 Å². The van der Waals surface area contributed by atoms with Gasteiger partial charge in [0.25, 0.3) is 5.91 Å². The lowest BCUT2D eigenvalue weighted by Crippen LogP contribution is -2.15. The molecule has 3 N–H and O–H groups in total. The molecule has 1 aromatic carbocycles. The molecule has 4 rings (SSSR count). The van der Waals surface area contributed by atoms with E-state index < -0.39 is 5.91 Å². The van der Waals surface area contributed by atoms with Crippen LogP contribution in [0.15, 0.2) is 36.5 Å². The maximum atomic E-state index is 13.0. The van der Waals surface area contributed by atoms with Gasteiger partial charge in [-0.25, -0.2) is 9.67 Å². The van der Waals surface area contributed by atoms with Crippen molar-refractivity contribution in [1.29, 1.82) is 0 Å². The number of amides is 2. The van der Waals surface area contributed by atoms with Gasteiger partial charge in [0.2, 0.25) is 5.91 Å². The highest BCUT2D eigenvalue weighted by Crippen LogP contribution is 2.40. The molecule has 0 atom stereocenters. The maximum absolute atomic E-state index is 13.0. The van der Waals surface area contributed by atoms with Crippen LogP contribution in [0.4, 0.5) is 5.69 Å². The molecule has 27 heavy (non-hydrogen) atoms. The summed E-state index contributed by atoms with van der Waals surface area (Å²) in [5.74, 6) is -0.379. The molecule has 2 heterocycles. The van der Waals surface area contributed by atoms with Crippen LogP contribution >= 0.6 is 0 Å². The summed E-state index contributed by atoms with van der Waals surface area (Å²) in [7, 11) is 0. The first-order chi connectivity index (χ1) is 12.9. The Morgan fingerprint density at radius 2 is 2.04 bits per heavy atom. The van der Waals surface area contributed by atoms with Crippen molar-refractivity contribution >= 4 is 28.5 Å². The molecule has 138 valence electrons. The highest BCUT2D eigenvalue weighted by molar-refractivity contribution is 6.12. The molecule has 7 heteroatoms. The summed E-state index contributed by atoms with van der Waals surface area (Å²) in [5, 5.41) is 7.99. The van der Waals surface area contributed by atoms with Crippen LogP contribution in [0.2, 0.25) is 0 Å². The highest BCUT2D eigenvalue weighted by Gasteiger charge is 2.28. The Bertz CT molecular complexity index is 1050. The zero-order valence-corrected chi connectivity index (χ0v) is 15.3. The van der Waals surface area contributed by atoms with Crippen LogP contribution in [0.25, 0.3) is 11.0 Å². The van der Waals surface area contributed by atoms with Crippen LogP contribution < -0.4 is 11.1 Å². The summed E-state index contributed by atoms with van der Waals surface area (Å²) in [4.78, 5) is 29.1. The number of fused-ring (bicyclic) bond motifs is 1. The molecule has 0 saturated heterocycles. The lowest BCUT2D eigenvalue weighted by Gasteiger charge is -2.11. The van der Waals surface area contributed by atoms with E-state index in [1.807, 2.05) is 24.6 Å². The number of anilines is 1. The minimum Gasteiger partial charge on any atom is -0.366 e. The lowest BCUT2D eigenvalue weighted by atomic mass is 10.1. The van der Waals surface area contributed by atoms with Crippen molar-refractivity contribution in [2.24, 2.45) is 5.73 Å². The normalized spacial score (nSPS) is 13.9. The van der Waals surface area contributed by atoms with Crippen molar-refractivity contribution in [3.05, 3.63) is 53.3 Å². The molecular formula is C20H21N5O2. The number of primary amides is 1. The molecule has 0 aliphatic heterocycles. The van der Waals surface area contributed by atoms with Gasteiger partial charge in [-0.2, -0.15) is 5.10 Å². The van der Waals surface area contributed by atoms with Gasteiger partial charge in [0.1, 0.15) is 0 Å². The third-order valence-electron chi connectivity index (χ3n) is 4.72. The zero-order chi connectivity index (χ0) is 19.1. The third kappa shape index (κ3) is 3.28. The van der Waals surface area contributed by atoms with Crippen LogP contribution in [0, 0.1) is 0 Å². The number of benzene rings is 1. The second kappa shape index (κ2) is 6.50. The van der Waals surface area contributed by atoms with Crippen LogP contribution in [0.3, 0.4) is 0 Å². The van der Waals surface area contributed by atoms with Gasteiger partial charge in [-0.15, -0.1) is 0 Å². The number of nitrogens with two attached hydrogens (primary N) is 1. The summed E-state index contributed by atoms with van der Waals surface area (Å²) >= 11 is 0. The fourth-order valence-electron chi connectivity index (χ4n) is 3.14. The van der Waals surface area contributed by atoms with Gasteiger partial charge < -0.3 is 11.1 Å². The van der Waals surface area contributed by atoms with Gasteiger partial charge >= 0.3 is 0 Å².